The van der Waals surface area contributed by atoms with Crippen molar-refractivity contribution in [1.29, 1.82) is 0 Å². The molecular formula is C17H23NO5S. The van der Waals surface area contributed by atoms with Crippen molar-refractivity contribution in [1.82, 2.24) is 4.90 Å². The number of aryl methyl sites for hydroxylation is 1. The van der Waals surface area contributed by atoms with Crippen LogP contribution in [-0.4, -0.2) is 49.1 Å². The lowest BCUT2D eigenvalue weighted by molar-refractivity contribution is -0.145. The molecule has 132 valence electrons. The van der Waals surface area contributed by atoms with Gasteiger partial charge in [-0.15, -0.1) is 0 Å². The minimum absolute atomic E-state index is 0.0498. The predicted molar refractivity (Wildman–Crippen MR) is 89.4 cm³/mol. The third-order valence-corrected chi connectivity index (χ3v) is 6.16. The van der Waals surface area contributed by atoms with Gasteiger partial charge in [0.1, 0.15) is 0 Å². The maximum Gasteiger partial charge on any atom is 0.308 e. The number of hydrogen-bond donors (Lipinski definition) is 1. The molecule has 7 heteroatoms. The van der Waals surface area contributed by atoms with Crippen molar-refractivity contribution in [2.75, 3.05) is 18.8 Å². The van der Waals surface area contributed by atoms with Gasteiger partial charge in [-0.25, -0.2) is 8.42 Å². The molecule has 2 rings (SSSR count). The van der Waals surface area contributed by atoms with E-state index in [0.717, 1.165) is 5.56 Å². The third-order valence-electron chi connectivity index (χ3n) is 4.41. The van der Waals surface area contributed by atoms with E-state index in [9.17, 15) is 18.0 Å². The van der Waals surface area contributed by atoms with Gasteiger partial charge in [-0.05, 0) is 37.0 Å². The maximum atomic E-state index is 12.2. The fourth-order valence-electron chi connectivity index (χ4n) is 2.84. The number of carbonyl (C=O) groups is 2. The van der Waals surface area contributed by atoms with Gasteiger partial charge in [0.2, 0.25) is 5.91 Å². The number of rotatable bonds is 6. The summed E-state index contributed by atoms with van der Waals surface area (Å²) < 4.78 is 23.5. The number of carbonyl (C=O) groups excluding carboxylic acids is 1. The summed E-state index contributed by atoms with van der Waals surface area (Å²) in [7, 11) is -3.21. The van der Waals surface area contributed by atoms with Crippen LogP contribution in [0.15, 0.2) is 29.2 Å². The number of carboxylic acids is 1. The van der Waals surface area contributed by atoms with Crippen LogP contribution in [0.2, 0.25) is 0 Å². The first kappa shape index (κ1) is 18.4. The van der Waals surface area contributed by atoms with Gasteiger partial charge in [0, 0.05) is 19.5 Å². The Morgan fingerprint density at radius 1 is 1.25 bits per heavy atom. The van der Waals surface area contributed by atoms with Gasteiger partial charge in [-0.3, -0.25) is 9.59 Å². The second-order valence-corrected chi connectivity index (χ2v) is 8.34. The van der Waals surface area contributed by atoms with Gasteiger partial charge in [0.25, 0.3) is 0 Å². The minimum Gasteiger partial charge on any atom is -0.481 e. The Balaban J connectivity index is 1.91. The summed E-state index contributed by atoms with van der Waals surface area (Å²) in [6.07, 6.45) is 2.14. The van der Waals surface area contributed by atoms with Crippen LogP contribution >= 0.6 is 0 Å². The van der Waals surface area contributed by atoms with E-state index in [1.807, 2.05) is 0 Å². The molecule has 1 amide bonds. The molecule has 1 aliphatic rings. The van der Waals surface area contributed by atoms with E-state index in [-0.39, 0.29) is 18.2 Å². The van der Waals surface area contributed by atoms with Crippen LogP contribution in [0.3, 0.4) is 0 Å². The molecule has 1 atom stereocenters. The van der Waals surface area contributed by atoms with E-state index in [2.05, 4.69) is 0 Å². The Bertz CT molecular complexity index is 696. The van der Waals surface area contributed by atoms with E-state index in [4.69, 9.17) is 5.11 Å². The van der Waals surface area contributed by atoms with Gasteiger partial charge < -0.3 is 10.0 Å². The monoisotopic (exact) mass is 353 g/mol. The van der Waals surface area contributed by atoms with Crippen LogP contribution < -0.4 is 0 Å². The van der Waals surface area contributed by atoms with Gasteiger partial charge >= 0.3 is 5.97 Å². The van der Waals surface area contributed by atoms with Crippen LogP contribution in [-0.2, 0) is 25.8 Å². The molecule has 1 N–H and O–H groups in total. The molecule has 24 heavy (non-hydrogen) atoms. The summed E-state index contributed by atoms with van der Waals surface area (Å²) in [6, 6.07) is 6.60. The number of piperidine rings is 1. The Labute approximate surface area is 142 Å². The van der Waals surface area contributed by atoms with Crippen molar-refractivity contribution in [2.24, 2.45) is 5.92 Å². The second kappa shape index (κ2) is 7.79. The normalized spacial score (nSPS) is 18.4. The van der Waals surface area contributed by atoms with E-state index >= 15 is 0 Å². The fourth-order valence-corrected chi connectivity index (χ4v) is 3.73. The number of likely N-dealkylation sites (tertiary alicyclic amines) is 1. The zero-order valence-electron chi connectivity index (χ0n) is 13.8. The van der Waals surface area contributed by atoms with E-state index in [1.165, 1.54) is 0 Å². The van der Waals surface area contributed by atoms with Crippen molar-refractivity contribution < 1.29 is 23.1 Å². The SMILES string of the molecule is CCS(=O)(=O)c1ccc(CCC(=O)N2CCC[C@H](C(=O)O)C2)cc1. The standard InChI is InChI=1S/C17H23NO5S/c1-2-24(22,23)15-8-5-13(6-9-15)7-10-16(19)18-11-3-4-14(12-18)17(20)21/h5-6,8-9,14H,2-4,7,10-12H2,1H3,(H,20,21)/t14-/m0/s1. The van der Waals surface area contributed by atoms with E-state index in [0.29, 0.717) is 37.1 Å². The predicted octanol–water partition coefficient (Wildman–Crippen LogP) is 1.74. The van der Waals surface area contributed by atoms with Crippen molar-refractivity contribution >= 4 is 21.7 Å². The number of nitrogens with zero attached hydrogens (tertiary/aromatic N) is 1. The summed E-state index contributed by atoms with van der Waals surface area (Å²) in [5.41, 5.74) is 0.894. The fraction of sp³-hybridized carbons (Fsp3) is 0.529. The lowest BCUT2D eigenvalue weighted by Crippen LogP contribution is -2.42. The zero-order chi connectivity index (χ0) is 17.7. The molecule has 0 aliphatic carbocycles. The van der Waals surface area contributed by atoms with E-state index in [1.54, 1.807) is 36.1 Å². The third kappa shape index (κ3) is 4.56. The molecular weight excluding hydrogens is 330 g/mol. The molecule has 1 aliphatic heterocycles. The molecule has 1 aromatic carbocycles. The highest BCUT2D eigenvalue weighted by molar-refractivity contribution is 7.91. The summed E-state index contributed by atoms with van der Waals surface area (Å²) in [5.74, 6) is -1.31. The van der Waals surface area contributed by atoms with Crippen LogP contribution in [0.4, 0.5) is 0 Å². The molecule has 1 saturated heterocycles. The first-order valence-corrected chi connectivity index (χ1v) is 9.81. The average Bonchev–Trinajstić information content (AvgIpc) is 2.60. The highest BCUT2D eigenvalue weighted by atomic mass is 32.2. The smallest absolute Gasteiger partial charge is 0.308 e. The number of sulfone groups is 1. The van der Waals surface area contributed by atoms with Crippen LogP contribution in [0, 0.1) is 5.92 Å². The maximum absolute atomic E-state index is 12.2. The quantitative estimate of drug-likeness (QED) is 0.841. The van der Waals surface area contributed by atoms with Crippen molar-refractivity contribution in [3.05, 3.63) is 29.8 Å². The molecule has 1 fully saturated rings. The second-order valence-electron chi connectivity index (χ2n) is 6.06. The van der Waals surface area contributed by atoms with Gasteiger partial charge in [-0.2, -0.15) is 0 Å². The molecule has 0 radical (unpaired) electrons. The first-order chi connectivity index (χ1) is 11.3. The van der Waals surface area contributed by atoms with E-state index < -0.39 is 21.7 Å². The Kier molecular flexibility index (Phi) is 5.99. The average molecular weight is 353 g/mol. The van der Waals surface area contributed by atoms with Gasteiger partial charge in [-0.1, -0.05) is 19.1 Å². The Morgan fingerprint density at radius 2 is 1.92 bits per heavy atom. The number of benzene rings is 1. The molecule has 0 spiro atoms. The lowest BCUT2D eigenvalue weighted by Gasteiger charge is -2.30. The number of carboxylic acid groups (broad SMARTS) is 1. The van der Waals surface area contributed by atoms with Crippen LogP contribution in [0.5, 0.6) is 0 Å². The highest BCUT2D eigenvalue weighted by Crippen LogP contribution is 2.18. The number of hydrogen-bond acceptors (Lipinski definition) is 4. The summed E-state index contributed by atoms with van der Waals surface area (Å²) in [5, 5.41) is 9.07. The minimum atomic E-state index is -3.21. The topological polar surface area (TPSA) is 91.8 Å². The van der Waals surface area contributed by atoms with Crippen molar-refractivity contribution in [3.63, 3.8) is 0 Å². The molecule has 0 bridgehead atoms. The summed E-state index contributed by atoms with van der Waals surface area (Å²) in [6.45, 7) is 2.49. The van der Waals surface area contributed by atoms with Crippen LogP contribution in [0.25, 0.3) is 0 Å². The molecule has 6 nitrogen and oxygen atoms in total. The molecule has 0 saturated carbocycles. The van der Waals surface area contributed by atoms with Crippen LogP contribution in [0.1, 0.15) is 31.7 Å². The van der Waals surface area contributed by atoms with Crippen molar-refractivity contribution in [3.8, 4) is 0 Å². The molecule has 0 unspecified atom stereocenters. The lowest BCUT2D eigenvalue weighted by atomic mass is 9.97. The molecule has 1 heterocycles. The first-order valence-electron chi connectivity index (χ1n) is 8.15. The highest BCUT2D eigenvalue weighted by Gasteiger charge is 2.27. The van der Waals surface area contributed by atoms with Gasteiger partial charge in [0.05, 0.1) is 16.6 Å². The summed E-state index contributed by atoms with van der Waals surface area (Å²) in [4.78, 5) is 25.2. The van der Waals surface area contributed by atoms with Gasteiger partial charge in [0.15, 0.2) is 9.84 Å². The summed E-state index contributed by atoms with van der Waals surface area (Å²) >= 11 is 0. The number of aliphatic carboxylic acids is 1. The van der Waals surface area contributed by atoms with Crippen molar-refractivity contribution in [2.45, 2.75) is 37.5 Å². The molecule has 0 aromatic heterocycles. The number of amides is 1. The molecule has 1 aromatic rings. The Hall–Kier alpha value is -1.89. The zero-order valence-corrected chi connectivity index (χ0v) is 14.6. The Morgan fingerprint density at radius 3 is 2.50 bits per heavy atom. The largest absolute Gasteiger partial charge is 0.481 e.